The van der Waals surface area contributed by atoms with E-state index in [1.807, 2.05) is 0 Å². The first-order valence-electron chi connectivity index (χ1n) is 4.45. The van der Waals surface area contributed by atoms with Crippen LogP contribution in [-0.2, 0) is 11.3 Å². The van der Waals surface area contributed by atoms with Crippen molar-refractivity contribution in [3.05, 3.63) is 9.47 Å². The minimum absolute atomic E-state index is 0.503. The minimum atomic E-state index is 0.503. The Morgan fingerprint density at radius 3 is 2.79 bits per heavy atom. The quantitative estimate of drug-likeness (QED) is 0.752. The summed E-state index contributed by atoms with van der Waals surface area (Å²) in [6.07, 6.45) is 0. The van der Waals surface area contributed by atoms with Crippen LogP contribution < -0.4 is 0 Å². The summed E-state index contributed by atoms with van der Waals surface area (Å²) in [5.41, 5.74) is 0. The Bertz CT molecular complexity index is 269. The van der Waals surface area contributed by atoms with Crippen LogP contribution in [0.2, 0.25) is 4.47 Å². The number of likely N-dealkylation sites (N-methyl/N-ethyl adjacent to an activating group) is 1. The molecule has 0 aliphatic heterocycles. The van der Waals surface area contributed by atoms with Gasteiger partial charge in [-0.05, 0) is 18.1 Å². The largest absolute Gasteiger partial charge is 0.383 e. The molecule has 0 bridgehead atoms. The summed E-state index contributed by atoms with van der Waals surface area (Å²) in [5, 5.41) is 8.68. The van der Waals surface area contributed by atoms with E-state index in [1.54, 1.807) is 7.11 Å². The van der Waals surface area contributed by atoms with E-state index >= 15 is 0 Å². The lowest BCUT2D eigenvalue weighted by atomic mass is 10.5. The molecule has 1 aromatic heterocycles. The lowest BCUT2D eigenvalue weighted by molar-refractivity contribution is 0.147. The highest BCUT2D eigenvalue weighted by Gasteiger charge is 2.07. The molecule has 0 radical (unpaired) electrons. The molecule has 0 fully saturated rings. The van der Waals surface area contributed by atoms with Gasteiger partial charge in [0.15, 0.2) is 0 Å². The number of ether oxygens (including phenoxy) is 1. The Balaban J connectivity index is 2.40. The number of rotatable bonds is 6. The number of aromatic nitrogens is 2. The molecule has 1 heterocycles. The number of hydrogen-bond donors (Lipinski definition) is 0. The summed E-state index contributed by atoms with van der Waals surface area (Å²) < 4.78 is 5.52. The van der Waals surface area contributed by atoms with E-state index in [0.717, 1.165) is 31.2 Å². The number of hydrogen-bond acceptors (Lipinski definition) is 5. The molecule has 0 aliphatic carbocycles. The van der Waals surface area contributed by atoms with E-state index in [1.165, 1.54) is 11.3 Å². The first-order valence-corrected chi connectivity index (χ1v) is 5.65. The molecule has 0 spiro atoms. The summed E-state index contributed by atoms with van der Waals surface area (Å²) in [6, 6.07) is 0. The zero-order valence-electron chi connectivity index (χ0n) is 8.36. The van der Waals surface area contributed by atoms with Gasteiger partial charge < -0.3 is 4.74 Å². The van der Waals surface area contributed by atoms with Crippen LogP contribution in [0.15, 0.2) is 0 Å². The van der Waals surface area contributed by atoms with Gasteiger partial charge in [-0.3, -0.25) is 4.90 Å². The van der Waals surface area contributed by atoms with Gasteiger partial charge in [-0.15, -0.1) is 10.2 Å². The van der Waals surface area contributed by atoms with Crippen LogP contribution in [0.1, 0.15) is 11.9 Å². The van der Waals surface area contributed by atoms with Crippen LogP contribution >= 0.6 is 22.9 Å². The van der Waals surface area contributed by atoms with Crippen molar-refractivity contribution in [2.24, 2.45) is 0 Å². The monoisotopic (exact) mass is 235 g/mol. The lowest BCUT2D eigenvalue weighted by Gasteiger charge is -2.17. The molecule has 1 rings (SSSR count). The van der Waals surface area contributed by atoms with E-state index in [-0.39, 0.29) is 0 Å². The van der Waals surface area contributed by atoms with Crippen molar-refractivity contribution < 1.29 is 4.74 Å². The average Bonchev–Trinajstić information content (AvgIpc) is 2.58. The molecule has 0 amide bonds. The van der Waals surface area contributed by atoms with Gasteiger partial charge >= 0.3 is 0 Å². The fraction of sp³-hybridized carbons (Fsp3) is 0.750. The minimum Gasteiger partial charge on any atom is -0.383 e. The predicted octanol–water partition coefficient (Wildman–Crippen LogP) is 1.66. The van der Waals surface area contributed by atoms with E-state index in [9.17, 15) is 0 Å². The van der Waals surface area contributed by atoms with Crippen molar-refractivity contribution in [3.8, 4) is 0 Å². The molecule has 14 heavy (non-hydrogen) atoms. The summed E-state index contributed by atoms with van der Waals surface area (Å²) in [5.74, 6) is 0. The topological polar surface area (TPSA) is 38.2 Å². The fourth-order valence-electron chi connectivity index (χ4n) is 1.06. The van der Waals surface area contributed by atoms with Gasteiger partial charge in [-0.1, -0.05) is 18.3 Å². The van der Waals surface area contributed by atoms with E-state index in [0.29, 0.717) is 4.47 Å². The first kappa shape index (κ1) is 11.8. The molecule has 0 N–H and O–H groups in total. The van der Waals surface area contributed by atoms with Crippen LogP contribution in [-0.4, -0.2) is 41.9 Å². The molecule has 4 nitrogen and oxygen atoms in total. The third-order valence-corrected chi connectivity index (χ3v) is 2.86. The van der Waals surface area contributed by atoms with Gasteiger partial charge in [0.25, 0.3) is 0 Å². The highest BCUT2D eigenvalue weighted by Crippen LogP contribution is 2.16. The molecule has 80 valence electrons. The molecule has 0 saturated carbocycles. The number of halogens is 1. The predicted molar refractivity (Wildman–Crippen MR) is 57.7 cm³/mol. The van der Waals surface area contributed by atoms with Gasteiger partial charge in [-0.25, -0.2) is 0 Å². The van der Waals surface area contributed by atoms with Crippen molar-refractivity contribution in [2.45, 2.75) is 13.5 Å². The average molecular weight is 236 g/mol. The molecular weight excluding hydrogens is 222 g/mol. The zero-order chi connectivity index (χ0) is 10.4. The fourth-order valence-corrected chi connectivity index (χ4v) is 1.97. The van der Waals surface area contributed by atoms with Gasteiger partial charge in [0.2, 0.25) is 4.47 Å². The van der Waals surface area contributed by atoms with Crippen LogP contribution in [0.25, 0.3) is 0 Å². The Kier molecular flexibility index (Phi) is 5.32. The lowest BCUT2D eigenvalue weighted by Crippen LogP contribution is -2.26. The third-order valence-electron chi connectivity index (χ3n) is 1.86. The Morgan fingerprint density at radius 1 is 1.50 bits per heavy atom. The Hall–Kier alpha value is -0.230. The van der Waals surface area contributed by atoms with Crippen molar-refractivity contribution in [1.29, 1.82) is 0 Å². The van der Waals surface area contributed by atoms with Gasteiger partial charge in [0.1, 0.15) is 5.01 Å². The molecule has 1 aromatic rings. The molecule has 0 aliphatic rings. The zero-order valence-corrected chi connectivity index (χ0v) is 9.94. The Morgan fingerprint density at radius 2 is 2.29 bits per heavy atom. The standard InChI is InChI=1S/C8H14ClN3OS/c1-3-12(4-5-13-2)6-7-10-11-8(9)14-7/h3-6H2,1-2H3. The van der Waals surface area contributed by atoms with Crippen LogP contribution in [0.3, 0.4) is 0 Å². The number of nitrogens with zero attached hydrogens (tertiary/aromatic N) is 3. The van der Waals surface area contributed by atoms with Crippen molar-refractivity contribution in [3.63, 3.8) is 0 Å². The molecule has 6 heteroatoms. The SMILES string of the molecule is CCN(CCOC)Cc1nnc(Cl)s1. The van der Waals surface area contributed by atoms with Crippen molar-refractivity contribution in [1.82, 2.24) is 15.1 Å². The summed E-state index contributed by atoms with van der Waals surface area (Å²) in [4.78, 5) is 2.24. The molecule has 0 unspecified atom stereocenters. The highest BCUT2D eigenvalue weighted by atomic mass is 35.5. The molecular formula is C8H14ClN3OS. The van der Waals surface area contributed by atoms with Gasteiger partial charge in [0, 0.05) is 13.7 Å². The first-order chi connectivity index (χ1) is 6.76. The smallest absolute Gasteiger partial charge is 0.207 e. The second kappa shape index (κ2) is 6.29. The third kappa shape index (κ3) is 3.88. The highest BCUT2D eigenvalue weighted by molar-refractivity contribution is 7.15. The maximum Gasteiger partial charge on any atom is 0.207 e. The second-order valence-corrected chi connectivity index (χ2v) is 4.45. The Labute approximate surface area is 92.8 Å². The number of methoxy groups -OCH3 is 1. The van der Waals surface area contributed by atoms with Gasteiger partial charge in [0.05, 0.1) is 13.2 Å². The van der Waals surface area contributed by atoms with Crippen molar-refractivity contribution in [2.75, 3.05) is 26.8 Å². The van der Waals surface area contributed by atoms with E-state index < -0.39 is 0 Å². The maximum atomic E-state index is 5.69. The second-order valence-electron chi connectivity index (χ2n) is 2.81. The van der Waals surface area contributed by atoms with E-state index in [2.05, 4.69) is 22.0 Å². The van der Waals surface area contributed by atoms with Crippen molar-refractivity contribution >= 4 is 22.9 Å². The van der Waals surface area contributed by atoms with Crippen LogP contribution in [0.5, 0.6) is 0 Å². The summed E-state index contributed by atoms with van der Waals surface area (Å²) in [6.45, 7) is 5.52. The van der Waals surface area contributed by atoms with Crippen LogP contribution in [0, 0.1) is 0 Å². The normalized spacial score (nSPS) is 11.1. The maximum absolute atomic E-state index is 5.69. The summed E-state index contributed by atoms with van der Waals surface area (Å²) >= 11 is 7.12. The van der Waals surface area contributed by atoms with Crippen LogP contribution in [0.4, 0.5) is 0 Å². The molecule has 0 atom stereocenters. The molecule has 0 saturated heterocycles. The molecule has 0 aromatic carbocycles. The van der Waals surface area contributed by atoms with E-state index in [4.69, 9.17) is 16.3 Å². The van der Waals surface area contributed by atoms with Gasteiger partial charge in [-0.2, -0.15) is 0 Å². The summed E-state index contributed by atoms with van der Waals surface area (Å²) in [7, 11) is 1.70.